The van der Waals surface area contributed by atoms with E-state index in [1.54, 1.807) is 18.3 Å². The number of alkyl halides is 3. The molecular weight excluding hydrogens is 191 g/mol. The number of fused-ring (bicyclic) bond motifs is 1. The van der Waals surface area contributed by atoms with Gasteiger partial charge in [0.25, 0.3) is 0 Å². The molecule has 0 bridgehead atoms. The quantitative estimate of drug-likeness (QED) is 0.613. The number of hydrogen-bond acceptors (Lipinski definition) is 0. The van der Waals surface area contributed by atoms with E-state index in [0.717, 1.165) is 0 Å². The molecule has 0 aliphatic heterocycles. The number of rotatable bonds is 0. The second-order valence-corrected chi connectivity index (χ2v) is 3.18. The molecule has 0 N–H and O–H groups in total. The maximum atomic E-state index is 12.6. The maximum Gasteiger partial charge on any atom is 0.418 e. The second-order valence-electron chi connectivity index (χ2n) is 3.18. The van der Waals surface area contributed by atoms with Crippen molar-refractivity contribution >= 4 is 5.52 Å². The van der Waals surface area contributed by atoms with Crippen molar-refractivity contribution in [3.05, 3.63) is 41.7 Å². The summed E-state index contributed by atoms with van der Waals surface area (Å²) in [7, 11) is 0. The lowest BCUT2D eigenvalue weighted by atomic mass is 10.2. The Labute approximate surface area is 78.8 Å². The lowest BCUT2D eigenvalue weighted by molar-refractivity contribution is -0.136. The summed E-state index contributed by atoms with van der Waals surface area (Å²) in [6.07, 6.45) is -1.18. The zero-order valence-electron chi connectivity index (χ0n) is 7.47. The Bertz CT molecular complexity index is 468. The fourth-order valence-corrected chi connectivity index (χ4v) is 1.62. The molecule has 0 amide bonds. The van der Waals surface area contributed by atoms with Crippen LogP contribution in [0.25, 0.3) is 5.52 Å². The van der Waals surface area contributed by atoms with Crippen molar-refractivity contribution in [2.75, 3.05) is 0 Å². The van der Waals surface area contributed by atoms with Gasteiger partial charge in [0.2, 0.25) is 0 Å². The van der Waals surface area contributed by atoms with Crippen LogP contribution in [0.1, 0.15) is 11.1 Å². The van der Waals surface area contributed by atoms with Gasteiger partial charge in [0, 0.05) is 12.4 Å². The summed E-state index contributed by atoms with van der Waals surface area (Å²) < 4.78 is 39.3. The normalized spacial score (nSPS) is 12.3. The molecule has 2 aromatic rings. The first-order valence-electron chi connectivity index (χ1n) is 4.13. The van der Waals surface area contributed by atoms with Gasteiger partial charge in [-0.1, -0.05) is 6.07 Å². The molecule has 0 unspecified atom stereocenters. The smallest absolute Gasteiger partial charge is 0.323 e. The summed E-state index contributed by atoms with van der Waals surface area (Å²) in [5, 5.41) is 0. The van der Waals surface area contributed by atoms with Gasteiger partial charge in [-0.3, -0.25) is 0 Å². The van der Waals surface area contributed by atoms with Gasteiger partial charge in [-0.15, -0.1) is 0 Å². The molecule has 0 spiro atoms. The minimum Gasteiger partial charge on any atom is -0.323 e. The number of nitrogens with zero attached hydrogens (tertiary/aromatic N) is 1. The predicted molar refractivity (Wildman–Crippen MR) is 47.1 cm³/mol. The van der Waals surface area contributed by atoms with Crippen molar-refractivity contribution in [2.45, 2.75) is 13.1 Å². The first-order valence-corrected chi connectivity index (χ1v) is 4.13. The third-order valence-corrected chi connectivity index (χ3v) is 2.16. The van der Waals surface area contributed by atoms with Crippen molar-refractivity contribution in [3.63, 3.8) is 0 Å². The van der Waals surface area contributed by atoms with E-state index in [-0.39, 0.29) is 11.1 Å². The summed E-state index contributed by atoms with van der Waals surface area (Å²) in [5.41, 5.74) is -0.0840. The van der Waals surface area contributed by atoms with E-state index in [1.807, 2.05) is 0 Å². The van der Waals surface area contributed by atoms with E-state index in [9.17, 15) is 13.2 Å². The second kappa shape index (κ2) is 2.77. The van der Waals surface area contributed by atoms with Crippen LogP contribution in [0.4, 0.5) is 13.2 Å². The Hall–Kier alpha value is -1.45. The van der Waals surface area contributed by atoms with Crippen LogP contribution in [0.5, 0.6) is 0 Å². The van der Waals surface area contributed by atoms with Crippen molar-refractivity contribution in [3.8, 4) is 0 Å². The number of halogens is 3. The highest BCUT2D eigenvalue weighted by atomic mass is 19.4. The molecule has 1 nitrogen and oxygen atoms in total. The first-order chi connectivity index (χ1) is 6.50. The lowest BCUT2D eigenvalue weighted by Crippen LogP contribution is -2.05. The van der Waals surface area contributed by atoms with Crippen LogP contribution in [0.3, 0.4) is 0 Å². The summed E-state index contributed by atoms with van der Waals surface area (Å²) >= 11 is 0. The van der Waals surface area contributed by atoms with E-state index in [4.69, 9.17) is 0 Å². The Morgan fingerprint density at radius 3 is 2.57 bits per heavy atom. The topological polar surface area (TPSA) is 4.41 Å². The van der Waals surface area contributed by atoms with Crippen LogP contribution >= 0.6 is 0 Å². The fraction of sp³-hybridized carbons (Fsp3) is 0.200. The lowest BCUT2D eigenvalue weighted by Gasteiger charge is -2.06. The zero-order chi connectivity index (χ0) is 10.3. The van der Waals surface area contributed by atoms with Crippen LogP contribution in [-0.2, 0) is 6.18 Å². The van der Waals surface area contributed by atoms with Crippen LogP contribution in [0.2, 0.25) is 0 Å². The largest absolute Gasteiger partial charge is 0.418 e. The molecule has 0 saturated carbocycles. The first kappa shape index (κ1) is 9.12. The minimum atomic E-state index is -4.28. The average molecular weight is 199 g/mol. The van der Waals surface area contributed by atoms with Crippen molar-refractivity contribution in [1.29, 1.82) is 0 Å². The predicted octanol–water partition coefficient (Wildman–Crippen LogP) is 3.27. The molecule has 74 valence electrons. The van der Waals surface area contributed by atoms with Gasteiger partial charge in [0.1, 0.15) is 0 Å². The highest BCUT2D eigenvalue weighted by Gasteiger charge is 2.35. The molecule has 0 aliphatic carbocycles. The van der Waals surface area contributed by atoms with Gasteiger partial charge in [0.15, 0.2) is 0 Å². The molecule has 0 radical (unpaired) electrons. The summed E-state index contributed by atoms with van der Waals surface area (Å²) in [6, 6.07) is 4.77. The van der Waals surface area contributed by atoms with Crippen LogP contribution in [0.15, 0.2) is 30.6 Å². The zero-order valence-corrected chi connectivity index (χ0v) is 7.47. The van der Waals surface area contributed by atoms with Crippen LogP contribution in [0, 0.1) is 6.92 Å². The van der Waals surface area contributed by atoms with Crippen molar-refractivity contribution in [2.24, 2.45) is 0 Å². The molecule has 0 atom stereocenters. The highest BCUT2D eigenvalue weighted by molar-refractivity contribution is 5.60. The Kier molecular flexibility index (Phi) is 1.80. The number of hydrogen-bond donors (Lipinski definition) is 0. The van der Waals surface area contributed by atoms with Gasteiger partial charge in [-0.2, -0.15) is 13.2 Å². The highest BCUT2D eigenvalue weighted by Crippen LogP contribution is 2.35. The SMILES string of the molecule is Cc1cn2ccccc2c1C(F)(F)F. The molecule has 0 saturated heterocycles. The molecule has 2 heterocycles. The third-order valence-electron chi connectivity index (χ3n) is 2.16. The standard InChI is InChI=1S/C10H8F3N/c1-7-6-14-5-3-2-4-8(14)9(7)10(11,12)13/h2-6H,1H3. The summed E-state index contributed by atoms with van der Waals surface area (Å²) in [6.45, 7) is 1.47. The van der Waals surface area contributed by atoms with Gasteiger partial charge >= 0.3 is 6.18 Å². The fourth-order valence-electron chi connectivity index (χ4n) is 1.62. The van der Waals surface area contributed by atoms with Gasteiger partial charge in [-0.25, -0.2) is 0 Å². The number of aryl methyl sites for hydroxylation is 1. The van der Waals surface area contributed by atoms with E-state index in [0.29, 0.717) is 0 Å². The van der Waals surface area contributed by atoms with E-state index < -0.39 is 11.7 Å². The molecule has 4 heteroatoms. The maximum absolute atomic E-state index is 12.6. The van der Waals surface area contributed by atoms with E-state index >= 15 is 0 Å². The third kappa shape index (κ3) is 1.27. The van der Waals surface area contributed by atoms with Crippen LogP contribution in [-0.4, -0.2) is 4.40 Å². The average Bonchev–Trinajstić information content (AvgIpc) is 2.38. The Balaban J connectivity index is 2.81. The molecule has 14 heavy (non-hydrogen) atoms. The van der Waals surface area contributed by atoms with Crippen LogP contribution < -0.4 is 0 Å². The minimum absolute atomic E-state index is 0.206. The monoisotopic (exact) mass is 199 g/mol. The molecule has 0 aliphatic rings. The van der Waals surface area contributed by atoms with E-state index in [2.05, 4.69) is 0 Å². The van der Waals surface area contributed by atoms with Crippen molar-refractivity contribution < 1.29 is 13.2 Å². The molecule has 2 aromatic heterocycles. The Morgan fingerprint density at radius 1 is 1.21 bits per heavy atom. The summed E-state index contributed by atoms with van der Waals surface area (Å²) in [5.74, 6) is 0. The molecular formula is C10H8F3N. The molecule has 0 fully saturated rings. The Morgan fingerprint density at radius 2 is 1.93 bits per heavy atom. The molecule has 2 rings (SSSR count). The van der Waals surface area contributed by atoms with Gasteiger partial charge < -0.3 is 4.40 Å². The number of pyridine rings is 1. The summed E-state index contributed by atoms with van der Waals surface area (Å²) in [4.78, 5) is 0. The van der Waals surface area contributed by atoms with Gasteiger partial charge in [0.05, 0.1) is 11.1 Å². The van der Waals surface area contributed by atoms with Crippen molar-refractivity contribution in [1.82, 2.24) is 4.40 Å². The van der Waals surface area contributed by atoms with Gasteiger partial charge in [-0.05, 0) is 24.6 Å². The van der Waals surface area contributed by atoms with E-state index in [1.165, 1.54) is 23.6 Å². The molecule has 0 aromatic carbocycles. The number of aromatic nitrogens is 1.